The van der Waals surface area contributed by atoms with Crippen molar-refractivity contribution in [3.05, 3.63) is 65.7 Å². The molecule has 2 saturated heterocycles. The lowest BCUT2D eigenvalue weighted by Gasteiger charge is -2.26. The number of nitrogens with one attached hydrogen (secondary N) is 1. The average molecular weight is 400 g/mol. The van der Waals surface area contributed by atoms with Crippen LogP contribution in [0.4, 0.5) is 5.69 Å². The number of para-hydroxylation sites is 1. The molecule has 0 saturated carbocycles. The summed E-state index contributed by atoms with van der Waals surface area (Å²) < 4.78 is 6.51. The Morgan fingerprint density at radius 1 is 1.00 bits per heavy atom. The van der Waals surface area contributed by atoms with Crippen molar-refractivity contribution in [2.24, 2.45) is 0 Å². The molecule has 0 bridgehead atoms. The van der Waals surface area contributed by atoms with Gasteiger partial charge in [0.2, 0.25) is 0 Å². The van der Waals surface area contributed by atoms with E-state index in [2.05, 4.69) is 78.6 Å². The van der Waals surface area contributed by atoms with E-state index in [4.69, 9.17) is 4.74 Å². The summed E-state index contributed by atoms with van der Waals surface area (Å²) in [5.74, 6) is 2.48. The van der Waals surface area contributed by atoms with Gasteiger partial charge in [0, 0.05) is 5.69 Å². The van der Waals surface area contributed by atoms with Crippen LogP contribution in [-0.2, 0) is 11.2 Å². The zero-order valence-corrected chi connectivity index (χ0v) is 17.6. The third kappa shape index (κ3) is 4.67. The predicted molar refractivity (Wildman–Crippen MR) is 120 cm³/mol. The van der Waals surface area contributed by atoms with Crippen LogP contribution in [0.1, 0.15) is 37.3 Å². The van der Waals surface area contributed by atoms with Crippen LogP contribution in [0.2, 0.25) is 0 Å². The summed E-state index contributed by atoms with van der Waals surface area (Å²) in [5, 5.41) is 4.47. The predicted octanol–water partition coefficient (Wildman–Crippen LogP) is 5.82. The van der Waals surface area contributed by atoms with Crippen molar-refractivity contribution < 1.29 is 4.74 Å². The Morgan fingerprint density at radius 3 is 2.63 bits per heavy atom. The van der Waals surface area contributed by atoms with Crippen molar-refractivity contribution in [2.75, 3.05) is 16.8 Å². The van der Waals surface area contributed by atoms with Gasteiger partial charge in [-0.2, -0.15) is 11.8 Å². The van der Waals surface area contributed by atoms with Crippen molar-refractivity contribution in [3.8, 4) is 0 Å². The minimum atomic E-state index is 0.313. The van der Waals surface area contributed by atoms with E-state index in [0.717, 1.165) is 12.8 Å². The molecule has 2 heterocycles. The summed E-state index contributed by atoms with van der Waals surface area (Å²) in [4.78, 5) is 0. The number of hydrogen-bond donors (Lipinski definition) is 1. The van der Waals surface area contributed by atoms with E-state index in [0.29, 0.717) is 22.8 Å². The second-order valence-electron chi connectivity index (χ2n) is 7.38. The lowest BCUT2D eigenvalue weighted by Crippen LogP contribution is -2.37. The molecule has 144 valence electrons. The Morgan fingerprint density at radius 2 is 1.78 bits per heavy atom. The molecule has 2 aromatic rings. The fourth-order valence-electron chi connectivity index (χ4n) is 4.03. The molecule has 2 aliphatic rings. The van der Waals surface area contributed by atoms with Gasteiger partial charge in [0.05, 0.1) is 17.4 Å². The number of rotatable bonds is 6. The molecule has 2 nitrogen and oxygen atoms in total. The molecule has 0 amide bonds. The Balaban J connectivity index is 1.56. The van der Waals surface area contributed by atoms with Crippen molar-refractivity contribution in [1.29, 1.82) is 0 Å². The highest BCUT2D eigenvalue weighted by Gasteiger charge is 2.45. The molecule has 0 aliphatic carbocycles. The van der Waals surface area contributed by atoms with Gasteiger partial charge in [0.15, 0.2) is 0 Å². The fraction of sp³-hybridized carbons (Fsp3) is 0.478. The van der Waals surface area contributed by atoms with Gasteiger partial charge in [0.1, 0.15) is 5.44 Å². The molecule has 2 aliphatic heterocycles. The monoisotopic (exact) mass is 399 g/mol. The van der Waals surface area contributed by atoms with Gasteiger partial charge in [-0.15, -0.1) is 11.8 Å². The Kier molecular flexibility index (Phi) is 6.69. The summed E-state index contributed by atoms with van der Waals surface area (Å²) in [6.45, 7) is 2.26. The first-order valence-electron chi connectivity index (χ1n) is 10.1. The van der Waals surface area contributed by atoms with Crippen LogP contribution in [0, 0.1) is 0 Å². The van der Waals surface area contributed by atoms with E-state index in [1.165, 1.54) is 41.2 Å². The average Bonchev–Trinajstić information content (AvgIpc) is 2.86. The number of thioether (sulfide) groups is 2. The largest absolute Gasteiger partial charge is 0.378 e. The summed E-state index contributed by atoms with van der Waals surface area (Å²) in [6.07, 6.45) is 4.87. The van der Waals surface area contributed by atoms with Crippen LogP contribution in [0.15, 0.2) is 54.6 Å². The standard InChI is InChI=1S/C23H29NOS2/c1-2-9-20-21(22-23(25-20)27-15-8-14-26-22)24-19-13-7-6-12-18(19)16-17-10-4-3-5-11-17/h3-7,10-13,20-24H,2,8-9,14-16H2,1H3/t20-,21-,22+,23-/m1/s1. The highest BCUT2D eigenvalue weighted by atomic mass is 32.2. The van der Waals surface area contributed by atoms with Crippen LogP contribution in [0.25, 0.3) is 0 Å². The number of benzene rings is 2. The van der Waals surface area contributed by atoms with Gasteiger partial charge in [0.25, 0.3) is 0 Å². The molecular formula is C23H29NOS2. The van der Waals surface area contributed by atoms with E-state index >= 15 is 0 Å². The smallest absolute Gasteiger partial charge is 0.117 e. The summed E-state index contributed by atoms with van der Waals surface area (Å²) >= 11 is 4.14. The van der Waals surface area contributed by atoms with Gasteiger partial charge >= 0.3 is 0 Å². The lowest BCUT2D eigenvalue weighted by molar-refractivity contribution is 0.0826. The second-order valence-corrected chi connectivity index (χ2v) is 9.87. The van der Waals surface area contributed by atoms with Crippen LogP contribution < -0.4 is 5.32 Å². The third-order valence-corrected chi connectivity index (χ3v) is 8.24. The molecule has 4 atom stereocenters. The third-order valence-electron chi connectivity index (χ3n) is 5.36. The zero-order valence-electron chi connectivity index (χ0n) is 16.0. The SMILES string of the molecule is CCC[C@H]1O[C@@H]2SCCCS[C@H]2[C@@H]1Nc1ccccc1Cc1ccccc1. The van der Waals surface area contributed by atoms with E-state index in [-0.39, 0.29) is 0 Å². The molecule has 0 aromatic heterocycles. The van der Waals surface area contributed by atoms with Crippen LogP contribution in [0.3, 0.4) is 0 Å². The number of ether oxygens (including phenoxy) is 1. The molecule has 0 radical (unpaired) electrons. The van der Waals surface area contributed by atoms with Crippen molar-refractivity contribution in [3.63, 3.8) is 0 Å². The Hall–Kier alpha value is -1.10. The van der Waals surface area contributed by atoms with E-state index < -0.39 is 0 Å². The topological polar surface area (TPSA) is 21.3 Å². The summed E-state index contributed by atoms with van der Waals surface area (Å²) in [7, 11) is 0. The first-order valence-corrected chi connectivity index (χ1v) is 12.2. The van der Waals surface area contributed by atoms with E-state index in [9.17, 15) is 0 Å². The molecule has 0 unspecified atom stereocenters. The molecule has 4 heteroatoms. The molecule has 1 N–H and O–H groups in total. The van der Waals surface area contributed by atoms with Gasteiger partial charge in [-0.1, -0.05) is 61.9 Å². The molecule has 2 aromatic carbocycles. The first-order chi connectivity index (χ1) is 13.3. The summed E-state index contributed by atoms with van der Waals surface area (Å²) in [6, 6.07) is 19.9. The van der Waals surface area contributed by atoms with Gasteiger partial charge in [-0.3, -0.25) is 0 Å². The maximum absolute atomic E-state index is 6.51. The summed E-state index contributed by atoms with van der Waals surface area (Å²) in [5.41, 5.74) is 4.34. The number of anilines is 1. The highest BCUT2D eigenvalue weighted by molar-refractivity contribution is 8.04. The van der Waals surface area contributed by atoms with E-state index in [1.54, 1.807) is 0 Å². The number of hydrogen-bond acceptors (Lipinski definition) is 4. The molecule has 2 fully saturated rings. The van der Waals surface area contributed by atoms with Crippen molar-refractivity contribution in [2.45, 2.75) is 55.4 Å². The molecule has 27 heavy (non-hydrogen) atoms. The Labute approximate surface area is 171 Å². The minimum Gasteiger partial charge on any atom is -0.378 e. The fourth-order valence-corrected chi connectivity index (χ4v) is 7.06. The first kappa shape index (κ1) is 19.2. The maximum Gasteiger partial charge on any atom is 0.117 e. The van der Waals surface area contributed by atoms with Crippen molar-refractivity contribution in [1.82, 2.24) is 0 Å². The lowest BCUT2D eigenvalue weighted by atomic mass is 10.0. The molecular weight excluding hydrogens is 370 g/mol. The second kappa shape index (κ2) is 9.40. The van der Waals surface area contributed by atoms with Crippen LogP contribution in [0.5, 0.6) is 0 Å². The van der Waals surface area contributed by atoms with Gasteiger partial charge in [-0.05, 0) is 48.0 Å². The van der Waals surface area contributed by atoms with Gasteiger partial charge < -0.3 is 10.1 Å². The maximum atomic E-state index is 6.51. The molecule has 0 spiro atoms. The normalized spacial score (nSPS) is 27.7. The van der Waals surface area contributed by atoms with Gasteiger partial charge in [-0.25, -0.2) is 0 Å². The zero-order chi connectivity index (χ0) is 18.5. The quantitative estimate of drug-likeness (QED) is 0.660. The Bertz CT molecular complexity index is 723. The van der Waals surface area contributed by atoms with E-state index in [1.807, 2.05) is 11.8 Å². The number of fused-ring (bicyclic) bond motifs is 1. The van der Waals surface area contributed by atoms with Crippen LogP contribution in [-0.4, -0.2) is 34.3 Å². The van der Waals surface area contributed by atoms with Crippen molar-refractivity contribution >= 4 is 29.2 Å². The minimum absolute atomic E-state index is 0.313. The highest BCUT2D eigenvalue weighted by Crippen LogP contribution is 2.42. The molecule has 4 rings (SSSR count). The van der Waals surface area contributed by atoms with Crippen LogP contribution >= 0.6 is 23.5 Å².